The normalized spacial score (nSPS) is 27.0. The van der Waals surface area contributed by atoms with Crippen LogP contribution in [0.1, 0.15) is 71.6 Å². The number of esters is 2. The minimum absolute atomic E-state index is 0.0398. The summed E-state index contributed by atoms with van der Waals surface area (Å²) in [6.07, 6.45) is 5.38. The lowest BCUT2D eigenvalue weighted by Crippen LogP contribution is -2.64. The minimum atomic E-state index is -5.08. The number of allylic oxidation sites excluding steroid dienone is 6. The quantitative estimate of drug-likeness (QED) is 0.0497. The second kappa shape index (κ2) is 20.9. The van der Waals surface area contributed by atoms with Crippen molar-refractivity contribution in [2.75, 3.05) is 13.2 Å². The molecule has 6 atom stereocenters. The number of hydrogen-bond donors (Lipinski definition) is 6. The number of aliphatic hydroxyl groups excluding tert-OH is 5. The summed E-state index contributed by atoms with van der Waals surface area (Å²) in [7, 11) is -5.08. The van der Waals surface area contributed by atoms with Gasteiger partial charge in [0.05, 0.1) is 6.61 Å². The zero-order valence-corrected chi connectivity index (χ0v) is 25.2. The van der Waals surface area contributed by atoms with E-state index >= 15 is 0 Å². The molecule has 1 aliphatic rings. The topological polar surface area (TPSA) is 210 Å². The number of carbonyl (C=O) groups excluding carboxylic acids is 2. The van der Waals surface area contributed by atoms with E-state index in [0.717, 1.165) is 38.5 Å². The number of phosphoric acid groups is 1. The summed E-state index contributed by atoms with van der Waals surface area (Å²) in [6, 6.07) is 0. The molecular weight excluding hydrogens is 575 g/mol. The number of carbonyl (C=O) groups is 2. The highest BCUT2D eigenvalue weighted by Crippen LogP contribution is 2.47. The third-order valence-electron chi connectivity index (χ3n) is 6.30. The first-order chi connectivity index (χ1) is 19.9. The van der Waals surface area contributed by atoms with Gasteiger partial charge in [-0.2, -0.15) is 0 Å². The van der Waals surface area contributed by atoms with Gasteiger partial charge in [0, 0.05) is 12.8 Å². The van der Waals surface area contributed by atoms with Crippen LogP contribution in [0, 0.1) is 0 Å². The number of aliphatic hydroxyl groups is 5. The zero-order valence-electron chi connectivity index (χ0n) is 24.3. The van der Waals surface area contributed by atoms with Crippen molar-refractivity contribution in [1.29, 1.82) is 0 Å². The fourth-order valence-electron chi connectivity index (χ4n) is 3.87. The lowest BCUT2D eigenvalue weighted by atomic mass is 9.85. The fraction of sp³-hybridized carbons (Fsp3) is 0.714. The van der Waals surface area contributed by atoms with Gasteiger partial charge in [-0.25, -0.2) is 4.57 Å². The van der Waals surface area contributed by atoms with Gasteiger partial charge in [0.1, 0.15) is 43.2 Å². The van der Waals surface area contributed by atoms with E-state index in [2.05, 4.69) is 43.4 Å². The van der Waals surface area contributed by atoms with Crippen molar-refractivity contribution < 1.29 is 63.1 Å². The first-order valence-corrected chi connectivity index (χ1v) is 15.8. The highest BCUT2D eigenvalue weighted by molar-refractivity contribution is 7.47. The SMILES string of the molecule is CC/C=C\C/C=C\C/C=C\CCCCCC(=O)OC(COC(=O)CC)COP(=O)(O)OC1C(O)C(O)C(O)C(O)C1O. The molecule has 0 aromatic carbocycles. The molecule has 0 aliphatic heterocycles. The van der Waals surface area contributed by atoms with Gasteiger partial charge in [-0.15, -0.1) is 0 Å². The van der Waals surface area contributed by atoms with Gasteiger partial charge in [-0.1, -0.05) is 56.7 Å². The average molecular weight is 623 g/mol. The summed E-state index contributed by atoms with van der Waals surface area (Å²) in [5, 5.41) is 49.2. The van der Waals surface area contributed by atoms with Gasteiger partial charge in [-0.3, -0.25) is 18.6 Å². The van der Waals surface area contributed by atoms with E-state index in [0.29, 0.717) is 6.42 Å². The van der Waals surface area contributed by atoms with Crippen LogP contribution in [-0.2, 0) is 32.7 Å². The summed E-state index contributed by atoms with van der Waals surface area (Å²) < 4.78 is 32.3. The average Bonchev–Trinajstić information content (AvgIpc) is 2.96. The van der Waals surface area contributed by atoms with Crippen LogP contribution in [0.4, 0.5) is 0 Å². The van der Waals surface area contributed by atoms with Crippen molar-refractivity contribution in [3.05, 3.63) is 36.5 Å². The molecule has 1 fully saturated rings. The zero-order chi connectivity index (χ0) is 31.5. The van der Waals surface area contributed by atoms with E-state index in [1.165, 1.54) is 0 Å². The standard InChI is InChI=1S/C28H47O13P/c1-3-5-6-7-8-9-10-11-12-13-14-15-16-17-22(30)40-20(18-38-21(29)4-2)19-39-42(36,37)41-28-26(34)24(32)23(31)25(33)27(28)35/h5-6,8-9,11-12,20,23-28,31-35H,3-4,7,10,13-19H2,1-2H3,(H,36,37)/b6-5-,9-8-,12-11-. The molecule has 0 radical (unpaired) electrons. The summed E-state index contributed by atoms with van der Waals surface area (Å²) in [5.74, 6) is -1.24. The first-order valence-electron chi connectivity index (χ1n) is 14.3. The molecule has 242 valence electrons. The molecule has 6 unspecified atom stereocenters. The van der Waals surface area contributed by atoms with E-state index in [4.69, 9.17) is 18.5 Å². The smallest absolute Gasteiger partial charge is 0.462 e. The molecule has 0 heterocycles. The molecule has 14 heteroatoms. The van der Waals surface area contributed by atoms with Crippen molar-refractivity contribution in [2.24, 2.45) is 0 Å². The van der Waals surface area contributed by atoms with Crippen molar-refractivity contribution in [1.82, 2.24) is 0 Å². The van der Waals surface area contributed by atoms with Crippen LogP contribution in [0.15, 0.2) is 36.5 Å². The van der Waals surface area contributed by atoms with Crippen LogP contribution in [0.2, 0.25) is 0 Å². The second-order valence-corrected chi connectivity index (χ2v) is 11.2. The number of rotatable bonds is 20. The third kappa shape index (κ3) is 15.0. The second-order valence-electron chi connectivity index (χ2n) is 9.83. The largest absolute Gasteiger partial charge is 0.472 e. The molecule has 0 bridgehead atoms. The molecule has 0 aromatic rings. The Kier molecular flexibility index (Phi) is 18.9. The van der Waals surface area contributed by atoms with Crippen molar-refractivity contribution in [2.45, 2.75) is 114 Å². The molecular formula is C28H47O13P. The number of unbranched alkanes of at least 4 members (excludes halogenated alkanes) is 3. The molecule has 1 rings (SSSR count). The Balaban J connectivity index is 2.51. The van der Waals surface area contributed by atoms with Crippen LogP contribution in [-0.4, -0.2) is 98.3 Å². The summed E-state index contributed by atoms with van der Waals surface area (Å²) in [4.78, 5) is 34.0. The van der Waals surface area contributed by atoms with Crippen LogP contribution in [0.5, 0.6) is 0 Å². The van der Waals surface area contributed by atoms with Gasteiger partial charge in [0.25, 0.3) is 0 Å². The maximum atomic E-state index is 12.5. The van der Waals surface area contributed by atoms with Crippen LogP contribution in [0.25, 0.3) is 0 Å². The highest BCUT2D eigenvalue weighted by atomic mass is 31.2. The Morgan fingerprint density at radius 2 is 1.33 bits per heavy atom. The molecule has 0 amide bonds. The monoisotopic (exact) mass is 622 g/mol. The summed E-state index contributed by atoms with van der Waals surface area (Å²) in [6.45, 7) is 2.42. The van der Waals surface area contributed by atoms with Crippen LogP contribution >= 0.6 is 7.82 Å². The van der Waals surface area contributed by atoms with Crippen LogP contribution < -0.4 is 0 Å². The number of hydrogen-bond acceptors (Lipinski definition) is 12. The Hall–Kier alpha value is -1.93. The predicted octanol–water partition coefficient (Wildman–Crippen LogP) is 1.98. The lowest BCUT2D eigenvalue weighted by molar-refractivity contribution is -0.220. The Morgan fingerprint density at radius 3 is 1.93 bits per heavy atom. The van der Waals surface area contributed by atoms with E-state index in [1.807, 2.05) is 0 Å². The fourth-order valence-corrected chi connectivity index (χ4v) is 4.84. The van der Waals surface area contributed by atoms with Crippen molar-refractivity contribution >= 4 is 19.8 Å². The van der Waals surface area contributed by atoms with Gasteiger partial charge < -0.3 is 39.9 Å². The predicted molar refractivity (Wildman–Crippen MR) is 152 cm³/mol. The summed E-state index contributed by atoms with van der Waals surface area (Å²) in [5.41, 5.74) is 0. The highest BCUT2D eigenvalue weighted by Gasteiger charge is 2.51. The maximum absolute atomic E-state index is 12.5. The molecule has 1 aliphatic carbocycles. The Bertz CT molecular complexity index is 905. The van der Waals surface area contributed by atoms with E-state index in [1.54, 1.807) is 6.92 Å². The Labute approximate surface area is 247 Å². The maximum Gasteiger partial charge on any atom is 0.472 e. The van der Waals surface area contributed by atoms with E-state index < -0.39 is 75.7 Å². The van der Waals surface area contributed by atoms with Gasteiger partial charge in [-0.05, 0) is 38.5 Å². The van der Waals surface area contributed by atoms with Crippen molar-refractivity contribution in [3.63, 3.8) is 0 Å². The number of phosphoric ester groups is 1. The van der Waals surface area contributed by atoms with Crippen molar-refractivity contribution in [3.8, 4) is 0 Å². The summed E-state index contributed by atoms with van der Waals surface area (Å²) >= 11 is 0. The molecule has 13 nitrogen and oxygen atoms in total. The number of ether oxygens (including phenoxy) is 2. The molecule has 0 aromatic heterocycles. The van der Waals surface area contributed by atoms with Crippen LogP contribution in [0.3, 0.4) is 0 Å². The minimum Gasteiger partial charge on any atom is -0.462 e. The van der Waals surface area contributed by atoms with Gasteiger partial charge >= 0.3 is 19.8 Å². The molecule has 6 N–H and O–H groups in total. The third-order valence-corrected chi connectivity index (χ3v) is 7.29. The molecule has 0 spiro atoms. The molecule has 0 saturated heterocycles. The molecule has 42 heavy (non-hydrogen) atoms. The Morgan fingerprint density at radius 1 is 0.762 bits per heavy atom. The lowest BCUT2D eigenvalue weighted by Gasteiger charge is -2.41. The van der Waals surface area contributed by atoms with E-state index in [9.17, 15) is 44.6 Å². The van der Waals surface area contributed by atoms with E-state index in [-0.39, 0.29) is 12.8 Å². The molecule has 1 saturated carbocycles. The van der Waals surface area contributed by atoms with Gasteiger partial charge in [0.15, 0.2) is 6.10 Å². The first kappa shape index (κ1) is 38.1. The van der Waals surface area contributed by atoms with Gasteiger partial charge in [0.2, 0.25) is 0 Å².